The van der Waals surface area contributed by atoms with Crippen LogP contribution in [-0.2, 0) is 12.3 Å². The van der Waals surface area contributed by atoms with Crippen molar-refractivity contribution in [2.45, 2.75) is 16.6 Å². The fourth-order valence-electron chi connectivity index (χ4n) is 2.13. The van der Waals surface area contributed by atoms with Crippen LogP contribution in [0, 0.1) is 0 Å². The Kier molecular flexibility index (Phi) is 4.65. The van der Waals surface area contributed by atoms with Gasteiger partial charge in [-0.05, 0) is 33.8 Å². The molecule has 0 aliphatic carbocycles. The Hall–Kier alpha value is -1.69. The molecule has 0 aliphatic heterocycles. The molecule has 3 aromatic rings. The Morgan fingerprint density at radius 3 is 2.57 bits per heavy atom. The molecule has 106 valence electrons. The summed E-state index contributed by atoms with van der Waals surface area (Å²) in [6, 6.07) is 16.9. The van der Waals surface area contributed by atoms with E-state index in [2.05, 4.69) is 45.8 Å². The molecule has 0 spiro atoms. The van der Waals surface area contributed by atoms with Crippen LogP contribution in [0.15, 0.2) is 59.2 Å². The summed E-state index contributed by atoms with van der Waals surface area (Å²) in [7, 11) is 0. The van der Waals surface area contributed by atoms with Gasteiger partial charge >= 0.3 is 0 Å². The third-order valence-corrected chi connectivity index (χ3v) is 5.07. The summed E-state index contributed by atoms with van der Waals surface area (Å²) in [6.07, 6.45) is 1.60. The smallest absolute Gasteiger partial charge is 0.170 e. The van der Waals surface area contributed by atoms with Crippen molar-refractivity contribution in [2.75, 3.05) is 0 Å². The van der Waals surface area contributed by atoms with Gasteiger partial charge in [-0.2, -0.15) is 4.37 Å². The molecule has 0 aliphatic rings. The van der Waals surface area contributed by atoms with Crippen LogP contribution in [0.5, 0.6) is 0 Å². The number of nitrogens with two attached hydrogens (primary N) is 1. The molecule has 0 unspecified atom stereocenters. The normalized spacial score (nSPS) is 10.7. The lowest BCUT2D eigenvalue weighted by Crippen LogP contribution is -1.98. The molecule has 0 atom stereocenters. The summed E-state index contributed by atoms with van der Waals surface area (Å²) >= 11 is 3.15. The van der Waals surface area contributed by atoms with Gasteiger partial charge in [0.15, 0.2) is 4.34 Å². The molecular formula is C16H15N3S2. The van der Waals surface area contributed by atoms with Gasteiger partial charge in [-0.1, -0.05) is 60.3 Å². The molecule has 5 heteroatoms. The van der Waals surface area contributed by atoms with Gasteiger partial charge in [-0.3, -0.25) is 0 Å². The van der Waals surface area contributed by atoms with Crippen LogP contribution in [0.4, 0.5) is 0 Å². The number of thioether (sulfide) groups is 1. The van der Waals surface area contributed by atoms with Crippen LogP contribution in [0.1, 0.15) is 11.1 Å². The van der Waals surface area contributed by atoms with Crippen LogP contribution in [0.25, 0.3) is 11.1 Å². The van der Waals surface area contributed by atoms with E-state index in [4.69, 9.17) is 5.73 Å². The summed E-state index contributed by atoms with van der Waals surface area (Å²) in [4.78, 5) is 4.18. The monoisotopic (exact) mass is 313 g/mol. The van der Waals surface area contributed by atoms with Crippen LogP contribution >= 0.6 is 23.3 Å². The first kappa shape index (κ1) is 14.3. The molecule has 3 rings (SSSR count). The van der Waals surface area contributed by atoms with E-state index in [0.29, 0.717) is 6.54 Å². The Morgan fingerprint density at radius 1 is 1.05 bits per heavy atom. The molecule has 21 heavy (non-hydrogen) atoms. The van der Waals surface area contributed by atoms with Crippen molar-refractivity contribution in [3.05, 3.63) is 66.0 Å². The van der Waals surface area contributed by atoms with Gasteiger partial charge in [0, 0.05) is 12.3 Å². The first-order valence-corrected chi connectivity index (χ1v) is 8.39. The molecule has 0 radical (unpaired) electrons. The largest absolute Gasteiger partial charge is 0.326 e. The number of hydrogen-bond donors (Lipinski definition) is 1. The van der Waals surface area contributed by atoms with Gasteiger partial charge < -0.3 is 5.73 Å². The molecule has 0 saturated carbocycles. The standard InChI is InChI=1S/C16H15N3S2/c17-9-14-3-1-2-4-15(14)13-7-5-12(6-8-13)10-20-16-18-11-19-21-16/h1-8,11H,9-10,17H2. The minimum absolute atomic E-state index is 0.560. The van der Waals surface area contributed by atoms with E-state index >= 15 is 0 Å². The molecule has 0 fully saturated rings. The second-order valence-electron chi connectivity index (χ2n) is 4.55. The third-order valence-electron chi connectivity index (χ3n) is 3.21. The zero-order valence-electron chi connectivity index (χ0n) is 11.4. The molecule has 0 bridgehead atoms. The number of aromatic nitrogens is 2. The first-order valence-electron chi connectivity index (χ1n) is 6.63. The SMILES string of the molecule is NCc1ccccc1-c1ccc(CSc2ncns2)cc1. The van der Waals surface area contributed by atoms with E-state index in [1.165, 1.54) is 33.8 Å². The van der Waals surface area contributed by atoms with Crippen LogP contribution in [0.2, 0.25) is 0 Å². The maximum Gasteiger partial charge on any atom is 0.170 e. The van der Waals surface area contributed by atoms with E-state index in [0.717, 1.165) is 10.1 Å². The number of hydrogen-bond acceptors (Lipinski definition) is 5. The van der Waals surface area contributed by atoms with Crippen molar-refractivity contribution in [1.82, 2.24) is 9.36 Å². The van der Waals surface area contributed by atoms with Crippen LogP contribution < -0.4 is 5.73 Å². The van der Waals surface area contributed by atoms with Crippen molar-refractivity contribution < 1.29 is 0 Å². The Balaban J connectivity index is 1.74. The van der Waals surface area contributed by atoms with E-state index in [-0.39, 0.29) is 0 Å². The van der Waals surface area contributed by atoms with E-state index in [1.54, 1.807) is 18.1 Å². The summed E-state index contributed by atoms with van der Waals surface area (Å²) in [6.45, 7) is 0.560. The van der Waals surface area contributed by atoms with Gasteiger partial charge in [0.25, 0.3) is 0 Å². The zero-order valence-corrected chi connectivity index (χ0v) is 13.0. The second-order valence-corrected chi connectivity index (χ2v) is 6.56. The maximum absolute atomic E-state index is 5.80. The lowest BCUT2D eigenvalue weighted by Gasteiger charge is -2.08. The highest BCUT2D eigenvalue weighted by atomic mass is 32.2. The predicted molar refractivity (Wildman–Crippen MR) is 89.2 cm³/mol. The molecular weight excluding hydrogens is 298 g/mol. The minimum atomic E-state index is 0.560. The minimum Gasteiger partial charge on any atom is -0.326 e. The van der Waals surface area contributed by atoms with Gasteiger partial charge in [-0.25, -0.2) is 4.98 Å². The Labute approximate surface area is 132 Å². The highest BCUT2D eigenvalue weighted by Gasteiger charge is 2.04. The fourth-order valence-corrected chi connectivity index (χ4v) is 3.53. The number of rotatable bonds is 5. The number of nitrogens with zero attached hydrogens (tertiary/aromatic N) is 2. The van der Waals surface area contributed by atoms with Gasteiger partial charge in [0.05, 0.1) is 0 Å². The second kappa shape index (κ2) is 6.85. The van der Waals surface area contributed by atoms with Crippen LogP contribution in [0.3, 0.4) is 0 Å². The molecule has 2 N–H and O–H groups in total. The number of benzene rings is 2. The third kappa shape index (κ3) is 3.50. The summed E-state index contributed by atoms with van der Waals surface area (Å²) in [5, 5.41) is 0. The van der Waals surface area contributed by atoms with E-state index in [9.17, 15) is 0 Å². The molecule has 0 amide bonds. The van der Waals surface area contributed by atoms with Gasteiger partial charge in [0.2, 0.25) is 0 Å². The van der Waals surface area contributed by atoms with Crippen LogP contribution in [-0.4, -0.2) is 9.36 Å². The van der Waals surface area contributed by atoms with Gasteiger partial charge in [0.1, 0.15) is 6.33 Å². The average Bonchev–Trinajstić information content (AvgIpc) is 3.07. The van der Waals surface area contributed by atoms with Gasteiger partial charge in [-0.15, -0.1) is 0 Å². The highest BCUT2D eigenvalue weighted by molar-refractivity contribution is 8.00. The van der Waals surface area contributed by atoms with Crippen molar-refractivity contribution in [3.8, 4) is 11.1 Å². The zero-order chi connectivity index (χ0) is 14.5. The summed E-state index contributed by atoms with van der Waals surface area (Å²) in [5.74, 6) is 0.911. The van der Waals surface area contributed by atoms with E-state index < -0.39 is 0 Å². The lowest BCUT2D eigenvalue weighted by atomic mass is 9.99. The Bertz CT molecular complexity index is 694. The molecule has 2 aromatic carbocycles. The molecule has 0 saturated heterocycles. The topological polar surface area (TPSA) is 51.8 Å². The highest BCUT2D eigenvalue weighted by Crippen LogP contribution is 2.27. The quantitative estimate of drug-likeness (QED) is 0.725. The summed E-state index contributed by atoms with van der Waals surface area (Å²) in [5.41, 5.74) is 10.7. The maximum atomic E-state index is 5.80. The fraction of sp³-hybridized carbons (Fsp3) is 0.125. The first-order chi connectivity index (χ1) is 10.4. The molecule has 1 heterocycles. The average molecular weight is 313 g/mol. The molecule has 1 aromatic heterocycles. The lowest BCUT2D eigenvalue weighted by molar-refractivity contribution is 1.07. The van der Waals surface area contributed by atoms with Crippen molar-refractivity contribution in [2.24, 2.45) is 5.73 Å². The van der Waals surface area contributed by atoms with Crippen molar-refractivity contribution >= 4 is 23.3 Å². The Morgan fingerprint density at radius 2 is 1.86 bits per heavy atom. The van der Waals surface area contributed by atoms with Crippen molar-refractivity contribution in [1.29, 1.82) is 0 Å². The molecule has 3 nitrogen and oxygen atoms in total. The van der Waals surface area contributed by atoms with E-state index in [1.807, 2.05) is 12.1 Å². The summed E-state index contributed by atoms with van der Waals surface area (Å²) < 4.78 is 5.01. The van der Waals surface area contributed by atoms with Crippen molar-refractivity contribution in [3.63, 3.8) is 0 Å². The predicted octanol–water partition coefficient (Wildman–Crippen LogP) is 3.96.